The lowest BCUT2D eigenvalue weighted by molar-refractivity contribution is 0.851. The van der Waals surface area contributed by atoms with Crippen molar-refractivity contribution in [2.75, 3.05) is 0 Å². The van der Waals surface area contributed by atoms with E-state index in [1.165, 1.54) is 0 Å². The first-order chi connectivity index (χ1) is 13.5. The fourth-order valence-electron chi connectivity index (χ4n) is 2.30. The highest BCUT2D eigenvalue weighted by molar-refractivity contribution is 6.67. The highest BCUT2D eigenvalue weighted by atomic mass is 35.6. The largest absolute Gasteiger partial charge is 0.250 e. The second-order valence-corrected chi connectivity index (χ2v) is 10.7. The summed E-state index contributed by atoms with van der Waals surface area (Å²) in [5.74, 6) is -0.0719. The van der Waals surface area contributed by atoms with E-state index in [1.54, 1.807) is 12.1 Å². The maximum atomic E-state index is 6.16. The Morgan fingerprint density at radius 1 is 0.655 bits per heavy atom. The molecule has 10 heteroatoms. The third-order valence-electron chi connectivity index (χ3n) is 3.67. The predicted octanol–water partition coefficient (Wildman–Crippen LogP) is 8.02. The second-order valence-electron chi connectivity index (χ2n) is 5.78. The summed E-state index contributed by atoms with van der Waals surface area (Å²) in [5.41, 5.74) is 2.48. The van der Waals surface area contributed by atoms with Crippen molar-refractivity contribution in [2.45, 2.75) is 7.59 Å². The number of hydrogen-bond donors (Lipinski definition) is 0. The molecule has 29 heavy (non-hydrogen) atoms. The van der Waals surface area contributed by atoms with Crippen LogP contribution in [0.1, 0.15) is 22.8 Å². The standard InChI is InChI=1S/C19H10Cl7N3/c20-14-4-2-1-3-12(14)8-5-11-6-9-13(10-7-11)15-27-16(18(21,22)23)29-17(28-15)19(24,25)26/h1-10H. The molecule has 0 aliphatic heterocycles. The Bertz CT molecular complexity index is 1010. The van der Waals surface area contributed by atoms with E-state index in [0.29, 0.717) is 10.6 Å². The normalized spacial score (nSPS) is 12.5. The summed E-state index contributed by atoms with van der Waals surface area (Å²) < 4.78 is -3.81. The summed E-state index contributed by atoms with van der Waals surface area (Å²) in [6, 6.07) is 14.9. The fourth-order valence-corrected chi connectivity index (χ4v) is 3.00. The molecule has 3 aromatic rings. The summed E-state index contributed by atoms with van der Waals surface area (Å²) in [7, 11) is 0. The van der Waals surface area contributed by atoms with Gasteiger partial charge in [0.1, 0.15) is 0 Å². The van der Waals surface area contributed by atoms with Gasteiger partial charge in [-0.25, -0.2) is 15.0 Å². The van der Waals surface area contributed by atoms with Gasteiger partial charge in [-0.3, -0.25) is 0 Å². The molecule has 0 unspecified atom stereocenters. The number of nitrogens with zero attached hydrogens (tertiary/aromatic N) is 3. The van der Waals surface area contributed by atoms with Crippen molar-refractivity contribution < 1.29 is 0 Å². The lowest BCUT2D eigenvalue weighted by atomic mass is 10.1. The Labute approximate surface area is 202 Å². The van der Waals surface area contributed by atoms with E-state index in [-0.39, 0.29) is 17.5 Å². The highest BCUT2D eigenvalue weighted by Crippen LogP contribution is 2.40. The Hall–Kier alpha value is -0.780. The fraction of sp³-hybridized carbons (Fsp3) is 0.105. The molecular formula is C19H10Cl7N3. The molecule has 0 aliphatic carbocycles. The first-order valence-electron chi connectivity index (χ1n) is 7.97. The van der Waals surface area contributed by atoms with Gasteiger partial charge in [0, 0.05) is 10.6 Å². The van der Waals surface area contributed by atoms with Crippen LogP contribution in [0.15, 0.2) is 48.5 Å². The van der Waals surface area contributed by atoms with E-state index in [1.807, 2.05) is 48.6 Å². The lowest BCUT2D eigenvalue weighted by Crippen LogP contribution is -2.16. The number of rotatable bonds is 3. The minimum absolute atomic E-state index is 0.142. The van der Waals surface area contributed by atoms with Gasteiger partial charge in [0.25, 0.3) is 0 Å². The van der Waals surface area contributed by atoms with E-state index in [0.717, 1.165) is 11.1 Å². The molecule has 1 aromatic heterocycles. The van der Waals surface area contributed by atoms with Crippen molar-refractivity contribution in [1.29, 1.82) is 0 Å². The van der Waals surface area contributed by atoms with Crippen molar-refractivity contribution in [1.82, 2.24) is 15.0 Å². The number of aromatic nitrogens is 3. The molecule has 1 heterocycles. The minimum atomic E-state index is -1.90. The van der Waals surface area contributed by atoms with E-state index in [4.69, 9.17) is 81.2 Å². The van der Waals surface area contributed by atoms with Crippen molar-refractivity contribution in [3.63, 3.8) is 0 Å². The summed E-state index contributed by atoms with van der Waals surface area (Å²) in [5, 5.41) is 0.670. The van der Waals surface area contributed by atoms with Gasteiger partial charge in [0.05, 0.1) is 0 Å². The number of halogens is 7. The molecule has 0 spiro atoms. The second kappa shape index (κ2) is 9.15. The van der Waals surface area contributed by atoms with Crippen LogP contribution in [0.4, 0.5) is 0 Å². The maximum absolute atomic E-state index is 6.16. The Balaban J connectivity index is 1.94. The van der Waals surface area contributed by atoms with Gasteiger partial charge in [-0.2, -0.15) is 0 Å². The molecule has 0 bridgehead atoms. The van der Waals surface area contributed by atoms with Crippen LogP contribution >= 0.6 is 81.2 Å². The molecule has 0 saturated carbocycles. The highest BCUT2D eigenvalue weighted by Gasteiger charge is 2.33. The minimum Gasteiger partial charge on any atom is -0.209 e. The molecule has 0 fully saturated rings. The average Bonchev–Trinajstić information content (AvgIpc) is 2.66. The SMILES string of the molecule is Clc1ccccc1C=Cc1ccc(-c2nc(C(Cl)(Cl)Cl)nc(C(Cl)(Cl)Cl)n2)cc1. The molecule has 0 amide bonds. The molecule has 3 rings (SSSR count). The molecule has 2 aromatic carbocycles. The summed E-state index contributed by atoms with van der Waals surface area (Å²) >= 11 is 41.6. The van der Waals surface area contributed by atoms with Crippen LogP contribution in [0.5, 0.6) is 0 Å². The lowest BCUT2D eigenvalue weighted by Gasteiger charge is -2.15. The molecule has 0 aliphatic rings. The van der Waals surface area contributed by atoms with Gasteiger partial charge >= 0.3 is 0 Å². The van der Waals surface area contributed by atoms with Crippen LogP contribution < -0.4 is 0 Å². The average molecular weight is 528 g/mol. The summed E-state index contributed by atoms with van der Waals surface area (Å²) in [4.78, 5) is 12.3. The van der Waals surface area contributed by atoms with Crippen LogP contribution in [0.25, 0.3) is 23.5 Å². The number of alkyl halides is 6. The van der Waals surface area contributed by atoms with E-state index in [9.17, 15) is 0 Å². The Morgan fingerprint density at radius 2 is 1.21 bits per heavy atom. The quantitative estimate of drug-likeness (QED) is 0.255. The van der Waals surface area contributed by atoms with Gasteiger partial charge in [0.15, 0.2) is 17.5 Å². The Morgan fingerprint density at radius 3 is 1.72 bits per heavy atom. The van der Waals surface area contributed by atoms with Gasteiger partial charge in [0.2, 0.25) is 7.59 Å². The zero-order valence-corrected chi connectivity index (χ0v) is 19.6. The third kappa shape index (κ3) is 6.11. The monoisotopic (exact) mass is 525 g/mol. The molecule has 3 nitrogen and oxygen atoms in total. The van der Waals surface area contributed by atoms with Crippen LogP contribution in [0, 0.1) is 0 Å². The first kappa shape index (κ1) is 22.9. The van der Waals surface area contributed by atoms with E-state index < -0.39 is 7.59 Å². The molecular weight excluding hydrogens is 518 g/mol. The van der Waals surface area contributed by atoms with Gasteiger partial charge < -0.3 is 0 Å². The van der Waals surface area contributed by atoms with Gasteiger partial charge in [-0.05, 0) is 17.2 Å². The van der Waals surface area contributed by atoms with Crippen LogP contribution in [-0.2, 0) is 7.59 Å². The molecule has 0 saturated heterocycles. The van der Waals surface area contributed by atoms with E-state index in [2.05, 4.69) is 15.0 Å². The van der Waals surface area contributed by atoms with Gasteiger partial charge in [-0.1, -0.05) is 136 Å². The zero-order chi connectivity index (χ0) is 21.2. The van der Waals surface area contributed by atoms with Crippen molar-refractivity contribution in [3.8, 4) is 11.4 Å². The van der Waals surface area contributed by atoms with Crippen LogP contribution in [-0.4, -0.2) is 15.0 Å². The van der Waals surface area contributed by atoms with Crippen LogP contribution in [0.2, 0.25) is 5.02 Å². The number of hydrogen-bond acceptors (Lipinski definition) is 3. The number of benzene rings is 2. The topological polar surface area (TPSA) is 38.7 Å². The summed E-state index contributed by atoms with van der Waals surface area (Å²) in [6.07, 6.45) is 3.85. The maximum Gasteiger partial charge on any atom is 0.250 e. The zero-order valence-electron chi connectivity index (χ0n) is 14.3. The smallest absolute Gasteiger partial charge is 0.209 e. The molecule has 150 valence electrons. The predicted molar refractivity (Wildman–Crippen MR) is 124 cm³/mol. The van der Waals surface area contributed by atoms with Crippen LogP contribution in [0.3, 0.4) is 0 Å². The first-order valence-corrected chi connectivity index (χ1v) is 10.6. The van der Waals surface area contributed by atoms with Crippen molar-refractivity contribution in [2.24, 2.45) is 0 Å². The molecule has 0 atom stereocenters. The summed E-state index contributed by atoms with van der Waals surface area (Å²) in [6.45, 7) is 0. The van der Waals surface area contributed by atoms with Crippen molar-refractivity contribution in [3.05, 3.63) is 76.3 Å². The van der Waals surface area contributed by atoms with E-state index >= 15 is 0 Å². The van der Waals surface area contributed by atoms with Gasteiger partial charge in [-0.15, -0.1) is 0 Å². The van der Waals surface area contributed by atoms with Crippen molar-refractivity contribution >= 4 is 93.4 Å². The third-order valence-corrected chi connectivity index (χ3v) is 5.03. The molecule has 0 N–H and O–H groups in total. The Kier molecular flexibility index (Phi) is 7.23. The molecule has 0 radical (unpaired) electrons.